The lowest BCUT2D eigenvalue weighted by atomic mass is 9.87. The van der Waals surface area contributed by atoms with E-state index in [-0.39, 0.29) is 5.41 Å². The van der Waals surface area contributed by atoms with Gasteiger partial charge in [-0.3, -0.25) is 9.78 Å². The molecule has 26 heavy (non-hydrogen) atoms. The highest BCUT2D eigenvalue weighted by Crippen LogP contribution is 2.35. The summed E-state index contributed by atoms with van der Waals surface area (Å²) in [7, 11) is 0. The van der Waals surface area contributed by atoms with E-state index in [1.165, 1.54) is 5.56 Å². The maximum Gasteiger partial charge on any atom is 0.349 e. The van der Waals surface area contributed by atoms with Gasteiger partial charge in [0, 0.05) is 9.79 Å². The Bertz CT molecular complexity index is 1050. The van der Waals surface area contributed by atoms with Gasteiger partial charge in [-0.05, 0) is 41.3 Å². The van der Waals surface area contributed by atoms with Gasteiger partial charge in [-0.15, -0.1) is 0 Å². The molecule has 0 aliphatic heterocycles. The Balaban J connectivity index is 1.86. The Labute approximate surface area is 160 Å². The zero-order valence-electron chi connectivity index (χ0n) is 14.6. The average Bonchev–Trinajstić information content (AvgIpc) is 2.56. The number of aromatic amines is 1. The van der Waals surface area contributed by atoms with Gasteiger partial charge in [-0.25, -0.2) is 4.79 Å². The molecule has 1 aromatic heterocycles. The minimum Gasteiger partial charge on any atom is -0.271 e. The van der Waals surface area contributed by atoms with Crippen molar-refractivity contribution in [3.05, 3.63) is 80.1 Å². The van der Waals surface area contributed by atoms with Crippen LogP contribution in [0.4, 0.5) is 0 Å². The SMILES string of the molecule is CC(C)(C)c1ccc(Sc2ccc(-n3ncc(=O)[nH]c3=O)cc2Cl)cc1. The summed E-state index contributed by atoms with van der Waals surface area (Å²) in [4.78, 5) is 27.1. The number of nitrogens with zero attached hydrogens (tertiary/aromatic N) is 2. The third-order valence-electron chi connectivity index (χ3n) is 3.82. The third-order valence-corrected chi connectivity index (χ3v) is 5.33. The Morgan fingerprint density at radius 3 is 2.35 bits per heavy atom. The smallest absolute Gasteiger partial charge is 0.271 e. The summed E-state index contributed by atoms with van der Waals surface area (Å²) < 4.78 is 1.10. The van der Waals surface area contributed by atoms with Crippen LogP contribution in [-0.4, -0.2) is 14.8 Å². The lowest BCUT2D eigenvalue weighted by Gasteiger charge is -2.19. The van der Waals surface area contributed by atoms with Gasteiger partial charge in [0.15, 0.2) is 0 Å². The highest BCUT2D eigenvalue weighted by Gasteiger charge is 2.13. The molecular weight excluding hydrogens is 370 g/mol. The molecule has 0 aliphatic carbocycles. The van der Waals surface area contributed by atoms with Gasteiger partial charge in [0.2, 0.25) is 0 Å². The van der Waals surface area contributed by atoms with Crippen molar-refractivity contribution in [2.75, 3.05) is 0 Å². The van der Waals surface area contributed by atoms with Gasteiger partial charge in [-0.1, -0.05) is 56.3 Å². The first-order valence-corrected chi connectivity index (χ1v) is 9.20. The molecule has 0 saturated heterocycles. The molecule has 0 aliphatic rings. The number of hydrogen-bond acceptors (Lipinski definition) is 4. The number of benzene rings is 2. The van der Waals surface area contributed by atoms with Crippen LogP contribution in [0.5, 0.6) is 0 Å². The molecule has 1 heterocycles. The van der Waals surface area contributed by atoms with Crippen molar-refractivity contribution in [2.45, 2.75) is 36.0 Å². The van der Waals surface area contributed by atoms with Gasteiger partial charge in [0.25, 0.3) is 5.56 Å². The maximum atomic E-state index is 11.8. The van der Waals surface area contributed by atoms with Crippen molar-refractivity contribution in [3.63, 3.8) is 0 Å². The summed E-state index contributed by atoms with van der Waals surface area (Å²) in [5.74, 6) is 0. The third kappa shape index (κ3) is 4.08. The zero-order chi connectivity index (χ0) is 18.9. The van der Waals surface area contributed by atoms with Crippen LogP contribution >= 0.6 is 23.4 Å². The van der Waals surface area contributed by atoms with E-state index < -0.39 is 11.2 Å². The van der Waals surface area contributed by atoms with Crippen LogP contribution in [0.15, 0.2) is 68.0 Å². The van der Waals surface area contributed by atoms with E-state index in [0.29, 0.717) is 10.7 Å². The van der Waals surface area contributed by atoms with Crippen LogP contribution < -0.4 is 11.2 Å². The van der Waals surface area contributed by atoms with Crippen LogP contribution in [0.3, 0.4) is 0 Å². The molecule has 0 atom stereocenters. The molecular formula is C19H18ClN3O2S. The first-order chi connectivity index (χ1) is 12.2. The van der Waals surface area contributed by atoms with Crippen LogP contribution in [-0.2, 0) is 5.41 Å². The molecule has 7 heteroatoms. The Morgan fingerprint density at radius 1 is 1.08 bits per heavy atom. The molecule has 0 fully saturated rings. The number of hydrogen-bond donors (Lipinski definition) is 1. The minimum absolute atomic E-state index is 0.111. The quantitative estimate of drug-likeness (QED) is 0.736. The van der Waals surface area contributed by atoms with E-state index in [1.54, 1.807) is 23.9 Å². The predicted octanol–water partition coefficient (Wildman–Crippen LogP) is 4.02. The number of H-pyrrole nitrogens is 1. The lowest BCUT2D eigenvalue weighted by Crippen LogP contribution is -2.30. The summed E-state index contributed by atoms with van der Waals surface area (Å²) in [5.41, 5.74) is 0.727. The lowest BCUT2D eigenvalue weighted by molar-refractivity contribution is 0.590. The molecule has 0 saturated carbocycles. The predicted molar refractivity (Wildman–Crippen MR) is 105 cm³/mol. The van der Waals surface area contributed by atoms with Gasteiger partial charge in [0.1, 0.15) is 6.20 Å². The fourth-order valence-corrected chi connectivity index (χ4v) is 3.50. The summed E-state index contributed by atoms with van der Waals surface area (Å²) in [5, 5.41) is 4.34. The van der Waals surface area contributed by atoms with Crippen molar-refractivity contribution < 1.29 is 0 Å². The van der Waals surface area contributed by atoms with E-state index >= 15 is 0 Å². The van der Waals surface area contributed by atoms with Gasteiger partial charge < -0.3 is 0 Å². The first-order valence-electron chi connectivity index (χ1n) is 8.01. The van der Waals surface area contributed by atoms with E-state index in [4.69, 9.17) is 11.6 Å². The van der Waals surface area contributed by atoms with E-state index in [1.807, 2.05) is 6.07 Å². The van der Waals surface area contributed by atoms with Crippen LogP contribution in [0.2, 0.25) is 5.02 Å². The highest BCUT2D eigenvalue weighted by atomic mass is 35.5. The van der Waals surface area contributed by atoms with Gasteiger partial charge in [-0.2, -0.15) is 9.78 Å². The van der Waals surface area contributed by atoms with Gasteiger partial charge >= 0.3 is 5.69 Å². The van der Waals surface area contributed by atoms with E-state index in [2.05, 4.69) is 55.1 Å². The van der Waals surface area contributed by atoms with E-state index in [9.17, 15) is 9.59 Å². The molecule has 3 aromatic rings. The second kappa shape index (κ2) is 7.13. The fourth-order valence-electron chi connectivity index (χ4n) is 2.39. The Kier molecular flexibility index (Phi) is 5.07. The van der Waals surface area contributed by atoms with E-state index in [0.717, 1.165) is 20.7 Å². The molecule has 0 amide bonds. The molecule has 0 radical (unpaired) electrons. The molecule has 5 nitrogen and oxygen atoms in total. The summed E-state index contributed by atoms with van der Waals surface area (Å²) >= 11 is 7.93. The standard InChI is InChI=1S/C19H18ClN3O2S/c1-19(2,3)12-4-7-14(8-5-12)26-16-9-6-13(10-15(16)20)23-18(25)22-17(24)11-21-23/h4-11H,1-3H3,(H,22,24,25). The number of nitrogens with one attached hydrogen (secondary N) is 1. The van der Waals surface area contributed by atoms with Crippen molar-refractivity contribution in [3.8, 4) is 5.69 Å². The van der Waals surface area contributed by atoms with Crippen LogP contribution in [0.25, 0.3) is 5.69 Å². The molecule has 134 valence electrons. The van der Waals surface area contributed by atoms with Crippen molar-refractivity contribution in [2.24, 2.45) is 0 Å². The molecule has 2 aromatic carbocycles. The Morgan fingerprint density at radius 2 is 1.77 bits per heavy atom. The number of rotatable bonds is 3. The van der Waals surface area contributed by atoms with Crippen molar-refractivity contribution >= 4 is 23.4 Å². The molecule has 0 unspecified atom stereocenters. The maximum absolute atomic E-state index is 11.8. The van der Waals surface area contributed by atoms with Crippen LogP contribution in [0, 0.1) is 0 Å². The monoisotopic (exact) mass is 387 g/mol. The average molecular weight is 388 g/mol. The highest BCUT2D eigenvalue weighted by molar-refractivity contribution is 7.99. The first kappa shape index (κ1) is 18.5. The second-order valence-electron chi connectivity index (χ2n) is 6.84. The number of halogens is 1. The van der Waals surface area contributed by atoms with Crippen molar-refractivity contribution in [1.29, 1.82) is 0 Å². The molecule has 0 bridgehead atoms. The molecule has 3 rings (SSSR count). The summed E-state index contributed by atoms with van der Waals surface area (Å²) in [6.07, 6.45) is 1.05. The van der Waals surface area contributed by atoms with Crippen molar-refractivity contribution in [1.82, 2.24) is 14.8 Å². The zero-order valence-corrected chi connectivity index (χ0v) is 16.2. The largest absolute Gasteiger partial charge is 0.349 e. The summed E-state index contributed by atoms with van der Waals surface area (Å²) in [6, 6.07) is 13.6. The van der Waals surface area contributed by atoms with Crippen LogP contribution in [0.1, 0.15) is 26.3 Å². The topological polar surface area (TPSA) is 67.8 Å². The minimum atomic E-state index is -0.605. The fraction of sp³-hybridized carbons (Fsp3) is 0.211. The number of aromatic nitrogens is 3. The second-order valence-corrected chi connectivity index (χ2v) is 8.36. The molecule has 1 N–H and O–H groups in total. The Hall–Kier alpha value is -2.31. The van der Waals surface area contributed by atoms with Gasteiger partial charge in [0.05, 0.1) is 10.7 Å². The summed E-state index contributed by atoms with van der Waals surface area (Å²) in [6.45, 7) is 6.53. The molecule has 0 spiro atoms. The normalized spacial score (nSPS) is 11.5.